The van der Waals surface area contributed by atoms with Crippen molar-refractivity contribution in [2.24, 2.45) is 0 Å². The monoisotopic (exact) mass is 196 g/mol. The van der Waals surface area contributed by atoms with Gasteiger partial charge in [-0.3, -0.25) is 10.1 Å². The molecule has 0 aliphatic heterocycles. The third-order valence-corrected chi connectivity index (χ3v) is 1.90. The first-order chi connectivity index (χ1) is 6.72. The lowest BCUT2D eigenvalue weighted by Crippen LogP contribution is -2.42. The van der Waals surface area contributed by atoms with Gasteiger partial charge in [0.25, 0.3) is 0 Å². The van der Waals surface area contributed by atoms with Crippen LogP contribution < -0.4 is 10.6 Å². The lowest BCUT2D eigenvalue weighted by Gasteiger charge is -2.11. The van der Waals surface area contributed by atoms with Gasteiger partial charge in [-0.2, -0.15) is 0 Å². The lowest BCUT2D eigenvalue weighted by molar-refractivity contribution is -0.122. The summed E-state index contributed by atoms with van der Waals surface area (Å²) in [5.41, 5.74) is 0. The molecule has 0 saturated heterocycles. The number of nitrogens with one attached hydrogen (secondary N) is 2. The molecule has 0 saturated carbocycles. The first kappa shape index (κ1) is 13.0. The average molecular weight is 196 g/mol. The quantitative estimate of drug-likeness (QED) is 0.489. The summed E-state index contributed by atoms with van der Waals surface area (Å²) in [4.78, 5) is 11.4. The van der Waals surface area contributed by atoms with Crippen LogP contribution in [0.1, 0.15) is 33.6 Å². The topological polar surface area (TPSA) is 41.1 Å². The van der Waals surface area contributed by atoms with Gasteiger partial charge in [0.1, 0.15) is 0 Å². The fourth-order valence-electron chi connectivity index (χ4n) is 0.927. The molecule has 1 amide bonds. The molecule has 0 radical (unpaired) electrons. The molecular formula is C11H20N2O. The van der Waals surface area contributed by atoms with Gasteiger partial charge in [0, 0.05) is 6.54 Å². The van der Waals surface area contributed by atoms with E-state index in [4.69, 9.17) is 0 Å². The van der Waals surface area contributed by atoms with Crippen molar-refractivity contribution in [3.63, 3.8) is 0 Å². The van der Waals surface area contributed by atoms with Crippen molar-refractivity contribution >= 4 is 5.91 Å². The Balaban J connectivity index is 3.57. The molecule has 0 rings (SSSR count). The van der Waals surface area contributed by atoms with Crippen LogP contribution in [-0.4, -0.2) is 25.0 Å². The van der Waals surface area contributed by atoms with Crippen molar-refractivity contribution in [1.82, 2.24) is 10.6 Å². The van der Waals surface area contributed by atoms with E-state index >= 15 is 0 Å². The Bertz CT molecular complexity index is 215. The molecule has 0 spiro atoms. The Hall–Kier alpha value is -1.01. The van der Waals surface area contributed by atoms with E-state index in [2.05, 4.69) is 29.4 Å². The summed E-state index contributed by atoms with van der Waals surface area (Å²) in [6.07, 6.45) is 2.14. The predicted octanol–water partition coefficient (Wildman–Crippen LogP) is 0.904. The molecule has 3 heteroatoms. The maximum Gasteiger partial charge on any atom is 0.236 e. The maximum absolute atomic E-state index is 11.4. The van der Waals surface area contributed by atoms with Gasteiger partial charge in [0.2, 0.25) is 5.91 Å². The standard InChI is InChI=1S/C11H20N2O/c1-4-6-8-12-10(3)11(14)13-9-7-5-2/h10,12H,5,7-9H2,1-3H3,(H,13,14). The van der Waals surface area contributed by atoms with E-state index in [0.717, 1.165) is 19.4 Å². The normalized spacial score (nSPS) is 11.4. The first-order valence-electron chi connectivity index (χ1n) is 5.13. The minimum absolute atomic E-state index is 0.0522. The van der Waals surface area contributed by atoms with Crippen molar-refractivity contribution in [1.29, 1.82) is 0 Å². The molecule has 0 heterocycles. The van der Waals surface area contributed by atoms with Crippen LogP contribution in [0.3, 0.4) is 0 Å². The summed E-state index contributed by atoms with van der Waals surface area (Å²) in [7, 11) is 0. The zero-order chi connectivity index (χ0) is 10.8. The highest BCUT2D eigenvalue weighted by Gasteiger charge is 2.09. The number of carbonyl (C=O) groups excluding carboxylic acids is 1. The van der Waals surface area contributed by atoms with Gasteiger partial charge in [-0.05, 0) is 20.3 Å². The molecule has 0 bridgehead atoms. The highest BCUT2D eigenvalue weighted by molar-refractivity contribution is 5.81. The van der Waals surface area contributed by atoms with Gasteiger partial charge in [-0.1, -0.05) is 19.3 Å². The molecule has 0 aromatic heterocycles. The number of unbranched alkanes of at least 4 members (excludes halogenated alkanes) is 1. The highest BCUT2D eigenvalue weighted by Crippen LogP contribution is 1.85. The average Bonchev–Trinajstić information content (AvgIpc) is 2.18. The van der Waals surface area contributed by atoms with Crippen LogP contribution >= 0.6 is 0 Å². The van der Waals surface area contributed by atoms with Crippen molar-refractivity contribution in [2.75, 3.05) is 13.1 Å². The lowest BCUT2D eigenvalue weighted by atomic mass is 10.3. The van der Waals surface area contributed by atoms with E-state index in [0.29, 0.717) is 6.54 Å². The molecule has 14 heavy (non-hydrogen) atoms. The second kappa shape index (κ2) is 8.58. The van der Waals surface area contributed by atoms with Crippen molar-refractivity contribution in [3.8, 4) is 11.8 Å². The minimum Gasteiger partial charge on any atom is -0.355 e. The third-order valence-electron chi connectivity index (χ3n) is 1.90. The molecule has 2 N–H and O–H groups in total. The second-order valence-electron chi connectivity index (χ2n) is 3.17. The van der Waals surface area contributed by atoms with Gasteiger partial charge in [0.05, 0.1) is 12.6 Å². The van der Waals surface area contributed by atoms with Crippen LogP contribution in [0.5, 0.6) is 0 Å². The van der Waals surface area contributed by atoms with Gasteiger partial charge in [-0.25, -0.2) is 0 Å². The molecule has 0 fully saturated rings. The van der Waals surface area contributed by atoms with Crippen LogP contribution in [0.15, 0.2) is 0 Å². The number of amides is 1. The molecule has 80 valence electrons. The SMILES string of the molecule is CC#CCNC(C)C(=O)NCCCC. The molecule has 3 nitrogen and oxygen atoms in total. The van der Waals surface area contributed by atoms with Gasteiger partial charge in [0.15, 0.2) is 0 Å². The number of hydrogen-bond acceptors (Lipinski definition) is 2. The second-order valence-corrected chi connectivity index (χ2v) is 3.17. The van der Waals surface area contributed by atoms with Gasteiger partial charge < -0.3 is 5.32 Å². The summed E-state index contributed by atoms with van der Waals surface area (Å²) in [5, 5.41) is 5.89. The molecule has 1 atom stereocenters. The molecule has 0 aliphatic rings. The fourth-order valence-corrected chi connectivity index (χ4v) is 0.927. The van der Waals surface area contributed by atoms with Gasteiger partial charge in [-0.15, -0.1) is 5.92 Å². The van der Waals surface area contributed by atoms with E-state index in [1.54, 1.807) is 6.92 Å². The minimum atomic E-state index is -0.160. The Labute approximate surface area is 86.6 Å². The number of rotatable bonds is 6. The number of hydrogen-bond donors (Lipinski definition) is 2. The highest BCUT2D eigenvalue weighted by atomic mass is 16.2. The van der Waals surface area contributed by atoms with E-state index in [-0.39, 0.29) is 11.9 Å². The van der Waals surface area contributed by atoms with Crippen LogP contribution in [0.25, 0.3) is 0 Å². The summed E-state index contributed by atoms with van der Waals surface area (Å²) < 4.78 is 0. The zero-order valence-electron chi connectivity index (χ0n) is 9.31. The van der Waals surface area contributed by atoms with E-state index < -0.39 is 0 Å². The van der Waals surface area contributed by atoms with Crippen LogP contribution in [0.4, 0.5) is 0 Å². The van der Waals surface area contributed by atoms with Crippen molar-refractivity contribution in [3.05, 3.63) is 0 Å². The molecule has 0 aromatic rings. The number of carbonyl (C=O) groups is 1. The zero-order valence-corrected chi connectivity index (χ0v) is 9.31. The Morgan fingerprint density at radius 3 is 2.79 bits per heavy atom. The van der Waals surface area contributed by atoms with Crippen molar-refractivity contribution in [2.45, 2.75) is 39.7 Å². The Morgan fingerprint density at radius 2 is 2.21 bits per heavy atom. The van der Waals surface area contributed by atoms with Crippen LogP contribution in [0.2, 0.25) is 0 Å². The molecule has 0 aromatic carbocycles. The molecule has 0 aliphatic carbocycles. The third kappa shape index (κ3) is 6.50. The van der Waals surface area contributed by atoms with E-state index in [1.165, 1.54) is 0 Å². The van der Waals surface area contributed by atoms with Crippen LogP contribution in [-0.2, 0) is 4.79 Å². The summed E-state index contributed by atoms with van der Waals surface area (Å²) in [6, 6.07) is -0.160. The van der Waals surface area contributed by atoms with E-state index in [9.17, 15) is 4.79 Å². The Kier molecular flexibility index (Phi) is 7.96. The van der Waals surface area contributed by atoms with Gasteiger partial charge >= 0.3 is 0 Å². The van der Waals surface area contributed by atoms with E-state index in [1.807, 2.05) is 6.92 Å². The largest absolute Gasteiger partial charge is 0.355 e. The fraction of sp³-hybridized carbons (Fsp3) is 0.727. The predicted molar refractivity (Wildman–Crippen MR) is 58.8 cm³/mol. The first-order valence-corrected chi connectivity index (χ1v) is 5.13. The van der Waals surface area contributed by atoms with Crippen molar-refractivity contribution < 1.29 is 4.79 Å². The Morgan fingerprint density at radius 1 is 1.50 bits per heavy atom. The summed E-state index contributed by atoms with van der Waals surface area (Å²) in [6.45, 7) is 7.07. The van der Waals surface area contributed by atoms with Crippen LogP contribution in [0, 0.1) is 11.8 Å². The maximum atomic E-state index is 11.4. The summed E-state index contributed by atoms with van der Waals surface area (Å²) in [5.74, 6) is 5.68. The summed E-state index contributed by atoms with van der Waals surface area (Å²) >= 11 is 0. The molecule has 1 unspecified atom stereocenters. The molecular weight excluding hydrogens is 176 g/mol. The smallest absolute Gasteiger partial charge is 0.236 e.